The van der Waals surface area contributed by atoms with E-state index in [1.807, 2.05) is 56.3 Å². The number of sulfonamides is 1. The van der Waals surface area contributed by atoms with Crippen LogP contribution >= 0.6 is 0 Å². The van der Waals surface area contributed by atoms with Crippen molar-refractivity contribution >= 4 is 20.8 Å². The van der Waals surface area contributed by atoms with Crippen molar-refractivity contribution in [2.45, 2.75) is 24.8 Å². The van der Waals surface area contributed by atoms with Crippen LogP contribution in [-0.4, -0.2) is 8.42 Å². The Hall–Kier alpha value is -2.17. The van der Waals surface area contributed by atoms with Gasteiger partial charge in [0.25, 0.3) is 0 Å². The van der Waals surface area contributed by atoms with Gasteiger partial charge in [0.1, 0.15) is 0 Å². The van der Waals surface area contributed by atoms with Crippen LogP contribution in [0.5, 0.6) is 0 Å². The van der Waals surface area contributed by atoms with E-state index in [4.69, 9.17) is 0 Å². The summed E-state index contributed by atoms with van der Waals surface area (Å²) < 4.78 is 27.9. The van der Waals surface area contributed by atoms with Crippen molar-refractivity contribution in [3.8, 4) is 0 Å². The van der Waals surface area contributed by atoms with Gasteiger partial charge in [-0.15, -0.1) is 0 Å². The quantitative estimate of drug-likeness (QED) is 0.782. The molecule has 0 aromatic heterocycles. The lowest BCUT2D eigenvalue weighted by Gasteiger charge is -2.17. The summed E-state index contributed by atoms with van der Waals surface area (Å²) in [5.41, 5.74) is 2.00. The van der Waals surface area contributed by atoms with Crippen LogP contribution in [0.15, 0.2) is 71.6 Å². The highest BCUT2D eigenvalue weighted by atomic mass is 32.2. The molecule has 3 rings (SSSR count). The molecule has 118 valence electrons. The lowest BCUT2D eigenvalue weighted by Crippen LogP contribution is -2.27. The Bertz CT molecular complexity index is 926. The molecule has 0 aliphatic rings. The van der Waals surface area contributed by atoms with Crippen molar-refractivity contribution in [2.75, 3.05) is 0 Å². The fourth-order valence-corrected chi connectivity index (χ4v) is 3.93. The van der Waals surface area contributed by atoms with E-state index in [2.05, 4.69) is 4.72 Å². The standard InChI is InChI=1S/C19H19NO2S/c1-14-10-12-17(13-11-14)23(21,22)20-15(2)18-9-5-7-16-6-3-4-8-19(16)18/h3-13,15,20H,1-2H3/t15-/m1/s1. The largest absolute Gasteiger partial charge is 0.241 e. The summed E-state index contributed by atoms with van der Waals surface area (Å²) in [5.74, 6) is 0. The van der Waals surface area contributed by atoms with Gasteiger partial charge in [0.15, 0.2) is 0 Å². The minimum Gasteiger partial charge on any atom is -0.207 e. The molecule has 0 saturated carbocycles. The third-order valence-corrected chi connectivity index (χ3v) is 5.51. The number of hydrogen-bond donors (Lipinski definition) is 1. The van der Waals surface area contributed by atoms with E-state index in [9.17, 15) is 8.42 Å². The van der Waals surface area contributed by atoms with Gasteiger partial charge in [0, 0.05) is 6.04 Å². The van der Waals surface area contributed by atoms with Crippen molar-refractivity contribution in [3.63, 3.8) is 0 Å². The van der Waals surface area contributed by atoms with Crippen molar-refractivity contribution in [3.05, 3.63) is 77.9 Å². The summed E-state index contributed by atoms with van der Waals surface area (Å²) in [5, 5.41) is 2.17. The first-order valence-corrected chi connectivity index (χ1v) is 9.02. The first kappa shape index (κ1) is 15.7. The Morgan fingerprint density at radius 3 is 2.26 bits per heavy atom. The molecule has 1 atom stereocenters. The van der Waals surface area contributed by atoms with E-state index in [0.29, 0.717) is 0 Å². The number of aryl methyl sites for hydroxylation is 1. The maximum atomic E-state index is 12.6. The van der Waals surface area contributed by atoms with Gasteiger partial charge >= 0.3 is 0 Å². The van der Waals surface area contributed by atoms with Gasteiger partial charge in [-0.25, -0.2) is 13.1 Å². The van der Waals surface area contributed by atoms with Crippen molar-refractivity contribution < 1.29 is 8.42 Å². The Balaban J connectivity index is 1.94. The maximum absolute atomic E-state index is 12.6. The summed E-state index contributed by atoms with van der Waals surface area (Å²) in [7, 11) is -3.54. The molecule has 0 heterocycles. The van der Waals surface area contributed by atoms with Gasteiger partial charge < -0.3 is 0 Å². The average molecular weight is 325 g/mol. The molecule has 3 aromatic rings. The number of hydrogen-bond acceptors (Lipinski definition) is 2. The van der Waals surface area contributed by atoms with Crippen LogP contribution in [0.1, 0.15) is 24.1 Å². The second kappa shape index (κ2) is 6.14. The third kappa shape index (κ3) is 3.28. The predicted octanol–water partition coefficient (Wildman–Crippen LogP) is 4.19. The van der Waals surface area contributed by atoms with Gasteiger partial charge in [0.05, 0.1) is 4.90 Å². The van der Waals surface area contributed by atoms with Crippen LogP contribution in [0.2, 0.25) is 0 Å². The Morgan fingerprint density at radius 1 is 0.870 bits per heavy atom. The zero-order valence-corrected chi connectivity index (χ0v) is 14.0. The maximum Gasteiger partial charge on any atom is 0.241 e. The fraction of sp³-hybridized carbons (Fsp3) is 0.158. The van der Waals surface area contributed by atoms with Crippen LogP contribution < -0.4 is 4.72 Å². The zero-order valence-electron chi connectivity index (χ0n) is 13.2. The molecule has 0 unspecified atom stereocenters. The average Bonchev–Trinajstić information content (AvgIpc) is 2.54. The van der Waals surface area contributed by atoms with Gasteiger partial charge in [0.2, 0.25) is 10.0 Å². The van der Waals surface area contributed by atoms with E-state index in [1.54, 1.807) is 24.3 Å². The van der Waals surface area contributed by atoms with Gasteiger partial charge in [-0.05, 0) is 42.3 Å². The molecule has 0 aliphatic heterocycles. The molecule has 3 aromatic carbocycles. The Kier molecular flexibility index (Phi) is 4.20. The van der Waals surface area contributed by atoms with Crippen molar-refractivity contribution in [2.24, 2.45) is 0 Å². The minimum absolute atomic E-state index is 0.287. The molecule has 23 heavy (non-hydrogen) atoms. The van der Waals surface area contributed by atoms with E-state index in [1.165, 1.54) is 0 Å². The molecule has 4 heteroatoms. The van der Waals surface area contributed by atoms with Crippen LogP contribution in [0.3, 0.4) is 0 Å². The molecule has 0 saturated heterocycles. The topological polar surface area (TPSA) is 46.2 Å². The summed E-state index contributed by atoms with van der Waals surface area (Å²) in [6.45, 7) is 3.80. The Morgan fingerprint density at radius 2 is 1.52 bits per heavy atom. The van der Waals surface area contributed by atoms with E-state index in [0.717, 1.165) is 21.9 Å². The highest BCUT2D eigenvalue weighted by Crippen LogP contribution is 2.25. The van der Waals surface area contributed by atoms with Gasteiger partial charge in [-0.1, -0.05) is 60.2 Å². The first-order chi connectivity index (χ1) is 11.0. The lowest BCUT2D eigenvalue weighted by atomic mass is 10.0. The molecule has 0 bridgehead atoms. The highest BCUT2D eigenvalue weighted by molar-refractivity contribution is 7.89. The van der Waals surface area contributed by atoms with Crippen molar-refractivity contribution in [1.29, 1.82) is 0 Å². The molecule has 1 N–H and O–H groups in total. The summed E-state index contributed by atoms with van der Waals surface area (Å²) in [6, 6.07) is 20.5. The second-order valence-electron chi connectivity index (χ2n) is 5.72. The molecule has 0 aliphatic carbocycles. The number of rotatable bonds is 4. The third-order valence-electron chi connectivity index (χ3n) is 3.95. The fourth-order valence-electron chi connectivity index (χ4n) is 2.71. The number of benzene rings is 3. The van der Waals surface area contributed by atoms with E-state index >= 15 is 0 Å². The first-order valence-electron chi connectivity index (χ1n) is 7.54. The molecular formula is C19H19NO2S. The highest BCUT2D eigenvalue weighted by Gasteiger charge is 2.19. The second-order valence-corrected chi connectivity index (χ2v) is 7.44. The molecule has 0 radical (unpaired) electrons. The summed E-state index contributed by atoms with van der Waals surface area (Å²) >= 11 is 0. The SMILES string of the molecule is Cc1ccc(S(=O)(=O)N[C@H](C)c2cccc3ccccc23)cc1. The van der Waals surface area contributed by atoms with E-state index in [-0.39, 0.29) is 10.9 Å². The lowest BCUT2D eigenvalue weighted by molar-refractivity contribution is 0.567. The number of fused-ring (bicyclic) bond motifs is 1. The molecule has 0 amide bonds. The molecule has 3 nitrogen and oxygen atoms in total. The van der Waals surface area contributed by atoms with E-state index < -0.39 is 10.0 Å². The van der Waals surface area contributed by atoms with Gasteiger partial charge in [-0.2, -0.15) is 0 Å². The predicted molar refractivity (Wildman–Crippen MR) is 93.9 cm³/mol. The monoisotopic (exact) mass is 325 g/mol. The molecular weight excluding hydrogens is 306 g/mol. The molecule has 0 fully saturated rings. The Labute approximate surface area is 137 Å². The minimum atomic E-state index is -3.54. The number of nitrogens with one attached hydrogen (secondary N) is 1. The van der Waals surface area contributed by atoms with Crippen LogP contribution in [0.4, 0.5) is 0 Å². The zero-order chi connectivity index (χ0) is 16.4. The van der Waals surface area contributed by atoms with Crippen LogP contribution in [-0.2, 0) is 10.0 Å². The van der Waals surface area contributed by atoms with Crippen molar-refractivity contribution in [1.82, 2.24) is 4.72 Å². The van der Waals surface area contributed by atoms with Gasteiger partial charge in [-0.3, -0.25) is 0 Å². The summed E-state index contributed by atoms with van der Waals surface area (Å²) in [6.07, 6.45) is 0. The van der Waals surface area contributed by atoms with Crippen LogP contribution in [0, 0.1) is 6.92 Å². The normalized spacial score (nSPS) is 13.1. The van der Waals surface area contributed by atoms with Crippen LogP contribution in [0.25, 0.3) is 10.8 Å². The molecule has 0 spiro atoms. The summed E-state index contributed by atoms with van der Waals surface area (Å²) in [4.78, 5) is 0.287. The smallest absolute Gasteiger partial charge is 0.207 e.